The van der Waals surface area contributed by atoms with E-state index in [9.17, 15) is 9.90 Å². The Morgan fingerprint density at radius 2 is 1.73 bits per heavy atom. The Labute approximate surface area is 156 Å². The summed E-state index contributed by atoms with van der Waals surface area (Å²) in [6.07, 6.45) is 1.13. The molecule has 0 radical (unpaired) electrons. The van der Waals surface area contributed by atoms with E-state index in [1.54, 1.807) is 23.9 Å². The highest BCUT2D eigenvalue weighted by atomic mass is 32.2. The summed E-state index contributed by atoms with van der Waals surface area (Å²) in [7, 11) is 0. The topological polar surface area (TPSA) is 88.9 Å². The number of benzene rings is 2. The standard InChI is InChI=1S/C19H20N4O2S/c1-13(22-23-17-9-5-15(6-10-17)18(24)25)14-3-7-16(8-4-14)21-19-20-11-2-12-26-19/h3-10,23H,2,11-12H2,1H3,(H,20,21)(H,24,25)/p-1/b22-13-. The number of aliphatic imine (C=N–C) groups is 1. The average Bonchev–Trinajstić information content (AvgIpc) is 2.68. The number of amidine groups is 1. The number of carbonyl (C=O) groups is 1. The zero-order valence-electron chi connectivity index (χ0n) is 14.4. The van der Waals surface area contributed by atoms with Crippen LogP contribution in [0.25, 0.3) is 0 Å². The normalized spacial score (nSPS) is 14.5. The van der Waals surface area contributed by atoms with Crippen molar-refractivity contribution in [1.82, 2.24) is 0 Å². The monoisotopic (exact) mass is 367 g/mol. The first-order valence-electron chi connectivity index (χ1n) is 8.28. The minimum Gasteiger partial charge on any atom is -0.545 e. The van der Waals surface area contributed by atoms with Gasteiger partial charge in [-0.2, -0.15) is 5.10 Å². The molecule has 3 rings (SSSR count). The number of hydrogen-bond acceptors (Lipinski definition) is 7. The number of nitrogens with one attached hydrogen (secondary N) is 2. The third-order valence-electron chi connectivity index (χ3n) is 3.82. The van der Waals surface area contributed by atoms with Gasteiger partial charge in [0.1, 0.15) is 0 Å². The van der Waals surface area contributed by atoms with Gasteiger partial charge in [-0.05, 0) is 48.7 Å². The number of carboxylic acid groups (broad SMARTS) is 1. The Balaban J connectivity index is 1.61. The molecule has 2 aromatic carbocycles. The third-order valence-corrected chi connectivity index (χ3v) is 4.82. The van der Waals surface area contributed by atoms with E-state index in [-0.39, 0.29) is 5.56 Å². The fraction of sp³-hybridized carbons (Fsp3) is 0.211. The van der Waals surface area contributed by atoms with Gasteiger partial charge in [0.2, 0.25) is 0 Å². The summed E-state index contributed by atoms with van der Waals surface area (Å²) >= 11 is 1.74. The molecule has 26 heavy (non-hydrogen) atoms. The number of thioether (sulfide) groups is 1. The van der Waals surface area contributed by atoms with Crippen LogP contribution in [0.2, 0.25) is 0 Å². The van der Waals surface area contributed by atoms with Crippen molar-refractivity contribution in [3.05, 3.63) is 59.7 Å². The molecule has 1 heterocycles. The van der Waals surface area contributed by atoms with Crippen LogP contribution in [0.4, 0.5) is 11.4 Å². The molecule has 0 saturated carbocycles. The SMILES string of the molecule is C/C(=N/Nc1ccc(C(=O)[O-])cc1)c1ccc(NC2=NCCCS2)cc1. The fourth-order valence-corrected chi connectivity index (χ4v) is 3.19. The van der Waals surface area contributed by atoms with E-state index >= 15 is 0 Å². The lowest BCUT2D eigenvalue weighted by molar-refractivity contribution is -0.255. The summed E-state index contributed by atoms with van der Waals surface area (Å²) in [5.41, 5.74) is 6.59. The van der Waals surface area contributed by atoms with Gasteiger partial charge >= 0.3 is 0 Å². The van der Waals surface area contributed by atoms with Crippen LogP contribution in [0.1, 0.15) is 29.3 Å². The van der Waals surface area contributed by atoms with Crippen molar-refractivity contribution in [3.8, 4) is 0 Å². The molecule has 0 saturated heterocycles. The van der Waals surface area contributed by atoms with E-state index in [0.29, 0.717) is 5.69 Å². The van der Waals surface area contributed by atoms with Crippen LogP contribution in [0.3, 0.4) is 0 Å². The number of rotatable bonds is 5. The predicted molar refractivity (Wildman–Crippen MR) is 106 cm³/mol. The lowest BCUT2D eigenvalue weighted by Crippen LogP contribution is -2.21. The van der Waals surface area contributed by atoms with Gasteiger partial charge in [0.25, 0.3) is 0 Å². The number of hydrogen-bond donors (Lipinski definition) is 2. The highest BCUT2D eigenvalue weighted by Gasteiger charge is 2.06. The number of carboxylic acids is 1. The first-order valence-corrected chi connectivity index (χ1v) is 9.27. The van der Waals surface area contributed by atoms with Gasteiger partial charge in [-0.15, -0.1) is 0 Å². The lowest BCUT2D eigenvalue weighted by Gasteiger charge is -2.13. The summed E-state index contributed by atoms with van der Waals surface area (Å²) in [6.45, 7) is 2.79. The van der Waals surface area contributed by atoms with Gasteiger partial charge in [0.15, 0.2) is 5.17 Å². The van der Waals surface area contributed by atoms with Crippen LogP contribution >= 0.6 is 11.8 Å². The summed E-state index contributed by atoms with van der Waals surface area (Å²) < 4.78 is 0. The van der Waals surface area contributed by atoms with E-state index < -0.39 is 5.97 Å². The largest absolute Gasteiger partial charge is 0.545 e. The van der Waals surface area contributed by atoms with Crippen molar-refractivity contribution in [2.45, 2.75) is 13.3 Å². The highest BCUT2D eigenvalue weighted by Crippen LogP contribution is 2.17. The fourth-order valence-electron chi connectivity index (χ4n) is 2.35. The molecule has 0 bridgehead atoms. The van der Waals surface area contributed by atoms with Crippen LogP contribution in [0, 0.1) is 0 Å². The quantitative estimate of drug-likeness (QED) is 0.627. The maximum atomic E-state index is 10.7. The highest BCUT2D eigenvalue weighted by molar-refractivity contribution is 8.14. The first-order chi connectivity index (χ1) is 12.6. The Morgan fingerprint density at radius 3 is 2.35 bits per heavy atom. The minimum absolute atomic E-state index is 0.139. The summed E-state index contributed by atoms with van der Waals surface area (Å²) in [5.74, 6) is -0.0896. The van der Waals surface area contributed by atoms with Gasteiger partial charge in [-0.1, -0.05) is 36.0 Å². The molecule has 0 amide bonds. The third kappa shape index (κ3) is 4.86. The van der Waals surface area contributed by atoms with Gasteiger partial charge < -0.3 is 15.2 Å². The van der Waals surface area contributed by atoms with Gasteiger partial charge in [0, 0.05) is 18.0 Å². The van der Waals surface area contributed by atoms with Crippen molar-refractivity contribution >= 4 is 40.0 Å². The Kier molecular flexibility index (Phi) is 5.91. The molecule has 0 atom stereocenters. The van der Waals surface area contributed by atoms with Crippen LogP contribution < -0.4 is 15.8 Å². The molecule has 1 aliphatic heterocycles. The van der Waals surface area contributed by atoms with Crippen molar-refractivity contribution in [1.29, 1.82) is 0 Å². The molecule has 0 spiro atoms. The van der Waals surface area contributed by atoms with Crippen LogP contribution in [0.15, 0.2) is 58.6 Å². The van der Waals surface area contributed by atoms with Crippen LogP contribution in [0.5, 0.6) is 0 Å². The zero-order chi connectivity index (χ0) is 18.4. The van der Waals surface area contributed by atoms with Crippen molar-refractivity contribution in [2.75, 3.05) is 23.0 Å². The molecule has 0 aliphatic carbocycles. The molecule has 2 N–H and O–H groups in total. The maximum absolute atomic E-state index is 10.7. The predicted octanol–water partition coefficient (Wildman–Crippen LogP) is 2.79. The Bertz CT molecular complexity index is 830. The van der Waals surface area contributed by atoms with Gasteiger partial charge in [-0.25, -0.2) is 0 Å². The van der Waals surface area contributed by atoms with Crippen molar-refractivity contribution in [2.24, 2.45) is 10.1 Å². The number of anilines is 2. The average molecular weight is 367 g/mol. The van der Waals surface area contributed by atoms with Crippen LogP contribution in [-0.4, -0.2) is 29.1 Å². The van der Waals surface area contributed by atoms with Crippen molar-refractivity contribution < 1.29 is 9.90 Å². The van der Waals surface area contributed by atoms with E-state index in [1.807, 2.05) is 31.2 Å². The van der Waals surface area contributed by atoms with Gasteiger partial charge in [-0.3, -0.25) is 10.4 Å². The minimum atomic E-state index is -1.19. The zero-order valence-corrected chi connectivity index (χ0v) is 15.2. The molecule has 6 nitrogen and oxygen atoms in total. The Morgan fingerprint density at radius 1 is 1.08 bits per heavy atom. The lowest BCUT2D eigenvalue weighted by atomic mass is 10.1. The smallest absolute Gasteiger partial charge is 0.161 e. The number of carbonyl (C=O) groups excluding carboxylic acids is 1. The van der Waals surface area contributed by atoms with E-state index in [0.717, 1.165) is 40.8 Å². The molecule has 2 aromatic rings. The summed E-state index contributed by atoms with van der Waals surface area (Å²) in [5, 5.41) is 19.4. The summed E-state index contributed by atoms with van der Waals surface area (Å²) in [4.78, 5) is 15.2. The van der Waals surface area contributed by atoms with Crippen molar-refractivity contribution in [3.63, 3.8) is 0 Å². The Hall–Kier alpha value is -2.80. The van der Waals surface area contributed by atoms with E-state index in [1.165, 1.54) is 12.1 Å². The number of aromatic carboxylic acids is 1. The first kappa shape index (κ1) is 18.0. The summed E-state index contributed by atoms with van der Waals surface area (Å²) in [6, 6.07) is 14.3. The van der Waals surface area contributed by atoms with Gasteiger partial charge in [0.05, 0.1) is 17.4 Å². The molecular weight excluding hydrogens is 348 g/mol. The maximum Gasteiger partial charge on any atom is 0.161 e. The molecule has 0 aromatic heterocycles. The molecule has 7 heteroatoms. The molecule has 0 unspecified atom stereocenters. The molecule has 134 valence electrons. The van der Waals surface area contributed by atoms with E-state index in [2.05, 4.69) is 20.8 Å². The molecule has 0 fully saturated rings. The molecule has 1 aliphatic rings. The second kappa shape index (κ2) is 8.53. The number of nitrogens with zero attached hydrogens (tertiary/aromatic N) is 2. The second-order valence-electron chi connectivity index (χ2n) is 5.77. The second-order valence-corrected chi connectivity index (χ2v) is 6.85. The van der Waals surface area contributed by atoms with Crippen LogP contribution in [-0.2, 0) is 0 Å². The molecular formula is C19H19N4O2S-. The number of hydrazone groups is 1. The van der Waals surface area contributed by atoms with E-state index in [4.69, 9.17) is 0 Å².